The molecule has 4 rings (SSSR count). The fourth-order valence-corrected chi connectivity index (χ4v) is 3.36. The van der Waals surface area contributed by atoms with Gasteiger partial charge in [-0.1, -0.05) is 12.1 Å². The number of pyridine rings is 1. The van der Waals surface area contributed by atoms with Crippen molar-refractivity contribution in [1.29, 1.82) is 0 Å². The second-order valence-corrected chi connectivity index (χ2v) is 6.57. The molecular formula is C19H14F4N4O2. The topological polar surface area (TPSA) is 79.8 Å². The van der Waals surface area contributed by atoms with Gasteiger partial charge in [-0.05, 0) is 37.5 Å². The number of amides is 1. The third-order valence-electron chi connectivity index (χ3n) is 4.70. The van der Waals surface area contributed by atoms with Gasteiger partial charge in [0.1, 0.15) is 17.2 Å². The van der Waals surface area contributed by atoms with E-state index >= 15 is 0 Å². The van der Waals surface area contributed by atoms with Crippen LogP contribution in [0.25, 0.3) is 5.69 Å². The van der Waals surface area contributed by atoms with Crippen LogP contribution >= 0.6 is 0 Å². The number of aromatic amines is 1. The average molecular weight is 406 g/mol. The molecule has 1 amide bonds. The molecule has 2 heterocycles. The minimum atomic E-state index is -4.68. The number of carbonyl (C=O) groups is 1. The summed E-state index contributed by atoms with van der Waals surface area (Å²) < 4.78 is 54.2. The van der Waals surface area contributed by atoms with Gasteiger partial charge in [-0.3, -0.25) is 9.59 Å². The van der Waals surface area contributed by atoms with E-state index in [1.165, 1.54) is 22.9 Å². The number of fused-ring (bicyclic) bond motifs is 1. The Morgan fingerprint density at radius 1 is 1.21 bits per heavy atom. The lowest BCUT2D eigenvalue weighted by atomic mass is 10.2. The molecule has 0 bridgehead atoms. The SMILES string of the molecule is O=C(Nc1cc(C(F)(F)F)c[nH]c1=O)c1nn(-c2ccccc2F)c2c1CCC2. The van der Waals surface area contributed by atoms with Crippen LogP contribution in [0.15, 0.2) is 41.3 Å². The highest BCUT2D eigenvalue weighted by molar-refractivity contribution is 6.04. The van der Waals surface area contributed by atoms with Gasteiger partial charge in [0.2, 0.25) is 0 Å². The van der Waals surface area contributed by atoms with Crippen LogP contribution in [0.2, 0.25) is 0 Å². The molecule has 1 aliphatic carbocycles. The number of nitrogens with zero attached hydrogens (tertiary/aromatic N) is 2. The first-order valence-electron chi connectivity index (χ1n) is 8.72. The maximum Gasteiger partial charge on any atom is 0.417 e. The molecule has 0 unspecified atom stereocenters. The summed E-state index contributed by atoms with van der Waals surface area (Å²) in [5.41, 5.74) is -1.14. The first-order valence-corrected chi connectivity index (χ1v) is 8.72. The van der Waals surface area contributed by atoms with Crippen LogP contribution in [-0.2, 0) is 19.0 Å². The zero-order valence-corrected chi connectivity index (χ0v) is 14.8. The molecule has 0 radical (unpaired) electrons. The van der Waals surface area contributed by atoms with Crippen molar-refractivity contribution in [2.24, 2.45) is 0 Å². The largest absolute Gasteiger partial charge is 0.417 e. The number of aromatic nitrogens is 3. The highest BCUT2D eigenvalue weighted by atomic mass is 19.4. The standard InChI is InChI=1S/C19H14F4N4O2/c20-12-5-1-2-6-15(12)27-14-7-3-4-11(14)16(26-27)18(29)25-13-8-10(19(21,22)23)9-24-17(13)28/h1-2,5-6,8-9H,3-4,7H2,(H,24,28)(H,25,29). The third kappa shape index (κ3) is 3.41. The van der Waals surface area contributed by atoms with Crippen LogP contribution < -0.4 is 10.9 Å². The Morgan fingerprint density at radius 2 is 1.97 bits per heavy atom. The van der Waals surface area contributed by atoms with E-state index < -0.39 is 34.7 Å². The third-order valence-corrected chi connectivity index (χ3v) is 4.70. The fraction of sp³-hybridized carbons (Fsp3) is 0.211. The number of rotatable bonds is 3. The molecule has 10 heteroatoms. The minimum absolute atomic E-state index is 0.0439. The van der Waals surface area contributed by atoms with Crippen LogP contribution in [0.1, 0.15) is 33.7 Å². The Morgan fingerprint density at radius 3 is 2.69 bits per heavy atom. The quantitative estimate of drug-likeness (QED) is 0.654. The molecule has 0 aliphatic heterocycles. The summed E-state index contributed by atoms with van der Waals surface area (Å²) in [6.45, 7) is 0. The van der Waals surface area contributed by atoms with E-state index in [-0.39, 0.29) is 11.4 Å². The summed E-state index contributed by atoms with van der Waals surface area (Å²) >= 11 is 0. The number of carbonyl (C=O) groups excluding carboxylic acids is 1. The predicted molar refractivity (Wildman–Crippen MR) is 95.6 cm³/mol. The van der Waals surface area contributed by atoms with Gasteiger partial charge in [0.25, 0.3) is 11.5 Å². The van der Waals surface area contributed by atoms with Gasteiger partial charge in [-0.25, -0.2) is 9.07 Å². The normalized spacial score (nSPS) is 13.4. The lowest BCUT2D eigenvalue weighted by molar-refractivity contribution is -0.137. The number of H-pyrrole nitrogens is 1. The van der Waals surface area contributed by atoms with Crippen LogP contribution in [-0.4, -0.2) is 20.7 Å². The Kier molecular flexibility index (Phi) is 4.48. The molecule has 0 saturated heterocycles. The summed E-state index contributed by atoms with van der Waals surface area (Å²) in [6.07, 6.45) is -2.33. The van der Waals surface area contributed by atoms with Crippen molar-refractivity contribution in [1.82, 2.24) is 14.8 Å². The van der Waals surface area contributed by atoms with Crippen LogP contribution in [0.5, 0.6) is 0 Å². The molecule has 0 fully saturated rings. The highest BCUT2D eigenvalue weighted by Gasteiger charge is 2.32. The summed E-state index contributed by atoms with van der Waals surface area (Å²) in [4.78, 5) is 26.5. The maximum absolute atomic E-state index is 14.2. The van der Waals surface area contributed by atoms with Gasteiger partial charge in [0, 0.05) is 17.5 Å². The molecule has 2 aromatic heterocycles. The van der Waals surface area contributed by atoms with Crippen molar-refractivity contribution < 1.29 is 22.4 Å². The minimum Gasteiger partial charge on any atom is -0.327 e. The van der Waals surface area contributed by atoms with Gasteiger partial charge in [0.05, 0.1) is 5.56 Å². The first-order chi connectivity index (χ1) is 13.8. The van der Waals surface area contributed by atoms with Crippen molar-refractivity contribution in [3.8, 4) is 5.69 Å². The van der Waals surface area contributed by atoms with E-state index in [1.807, 2.05) is 4.98 Å². The Bertz CT molecular complexity index is 1160. The Balaban J connectivity index is 1.72. The Hall–Kier alpha value is -3.43. The van der Waals surface area contributed by atoms with Gasteiger partial charge in [-0.2, -0.15) is 18.3 Å². The number of benzene rings is 1. The maximum atomic E-state index is 14.2. The number of hydrogen-bond acceptors (Lipinski definition) is 3. The average Bonchev–Trinajstić information content (AvgIpc) is 3.26. The van der Waals surface area contributed by atoms with Crippen molar-refractivity contribution in [2.75, 3.05) is 5.32 Å². The number of anilines is 1. The molecule has 1 aromatic carbocycles. The van der Waals surface area contributed by atoms with Crippen molar-refractivity contribution in [3.05, 3.63) is 75.2 Å². The molecule has 29 heavy (non-hydrogen) atoms. The van der Waals surface area contributed by atoms with E-state index in [4.69, 9.17) is 0 Å². The van der Waals surface area contributed by atoms with E-state index in [0.29, 0.717) is 36.4 Å². The zero-order chi connectivity index (χ0) is 20.8. The van der Waals surface area contributed by atoms with Crippen molar-refractivity contribution in [3.63, 3.8) is 0 Å². The number of halogens is 4. The number of para-hydroxylation sites is 1. The number of alkyl halides is 3. The van der Waals surface area contributed by atoms with E-state index in [2.05, 4.69) is 10.4 Å². The van der Waals surface area contributed by atoms with Gasteiger partial charge >= 0.3 is 6.18 Å². The summed E-state index contributed by atoms with van der Waals surface area (Å²) in [6, 6.07) is 6.49. The van der Waals surface area contributed by atoms with Crippen molar-refractivity contribution in [2.45, 2.75) is 25.4 Å². The summed E-state index contributed by atoms with van der Waals surface area (Å²) in [5, 5.41) is 6.39. The van der Waals surface area contributed by atoms with E-state index in [0.717, 1.165) is 6.42 Å². The highest BCUT2D eigenvalue weighted by Crippen LogP contribution is 2.31. The fourth-order valence-electron chi connectivity index (χ4n) is 3.36. The molecule has 1 aliphatic rings. The van der Waals surface area contributed by atoms with Crippen molar-refractivity contribution >= 4 is 11.6 Å². The van der Waals surface area contributed by atoms with Gasteiger partial charge < -0.3 is 10.3 Å². The predicted octanol–water partition coefficient (Wildman–Crippen LogP) is 3.46. The molecular weight excluding hydrogens is 392 g/mol. The first kappa shape index (κ1) is 18.9. The van der Waals surface area contributed by atoms with Crippen LogP contribution in [0.4, 0.5) is 23.2 Å². The van der Waals surface area contributed by atoms with Crippen LogP contribution in [0, 0.1) is 5.82 Å². The molecule has 150 valence electrons. The molecule has 6 nitrogen and oxygen atoms in total. The molecule has 0 spiro atoms. The van der Waals surface area contributed by atoms with Gasteiger partial charge in [0.15, 0.2) is 5.69 Å². The Labute approximate surface area is 161 Å². The second-order valence-electron chi connectivity index (χ2n) is 6.57. The van der Waals surface area contributed by atoms with Gasteiger partial charge in [-0.15, -0.1) is 0 Å². The van der Waals surface area contributed by atoms with Crippen LogP contribution in [0.3, 0.4) is 0 Å². The zero-order valence-electron chi connectivity index (χ0n) is 14.8. The summed E-state index contributed by atoms with van der Waals surface area (Å²) in [7, 11) is 0. The number of nitrogens with one attached hydrogen (secondary N) is 2. The molecule has 0 atom stereocenters. The van der Waals surface area contributed by atoms with E-state index in [9.17, 15) is 27.2 Å². The number of hydrogen-bond donors (Lipinski definition) is 2. The lowest BCUT2D eigenvalue weighted by Crippen LogP contribution is -2.22. The smallest absolute Gasteiger partial charge is 0.327 e. The van der Waals surface area contributed by atoms with E-state index in [1.54, 1.807) is 6.07 Å². The second kappa shape index (κ2) is 6.87. The summed E-state index contributed by atoms with van der Waals surface area (Å²) in [5.74, 6) is -1.35. The monoisotopic (exact) mass is 406 g/mol. The molecule has 3 aromatic rings. The molecule has 0 saturated carbocycles. The molecule has 2 N–H and O–H groups in total. The lowest BCUT2D eigenvalue weighted by Gasteiger charge is -2.09.